The van der Waals surface area contributed by atoms with Gasteiger partial charge in [0.1, 0.15) is 5.75 Å². The second-order valence-electron chi connectivity index (χ2n) is 6.22. The number of hydrogen-bond donors (Lipinski definition) is 2. The molecule has 5 heteroatoms. The van der Waals surface area contributed by atoms with Crippen LogP contribution in [-0.4, -0.2) is 18.6 Å². The van der Waals surface area contributed by atoms with Gasteiger partial charge in [-0.3, -0.25) is 0 Å². The largest absolute Gasteiger partial charge is 0.497 e. The molecule has 3 aromatic rings. The smallest absolute Gasteiger partial charge is 0.119 e. The van der Waals surface area contributed by atoms with E-state index in [1.54, 1.807) is 7.11 Å². The number of H-pyrrole nitrogens is 1. The third-order valence-electron chi connectivity index (χ3n) is 4.50. The van der Waals surface area contributed by atoms with Crippen molar-refractivity contribution in [3.8, 4) is 17.0 Å². The minimum Gasteiger partial charge on any atom is -0.497 e. The molecule has 2 aromatic carbocycles. The zero-order chi connectivity index (χ0) is 18.0. The summed E-state index contributed by atoms with van der Waals surface area (Å²) in [6.07, 6.45) is 2.99. The van der Waals surface area contributed by atoms with E-state index in [2.05, 4.69) is 46.0 Å². The maximum absolute atomic E-state index is 6.50. The van der Waals surface area contributed by atoms with Crippen molar-refractivity contribution in [2.75, 3.05) is 13.7 Å². The Bertz CT molecular complexity index is 904. The van der Waals surface area contributed by atoms with Crippen LogP contribution in [0.5, 0.6) is 5.75 Å². The Labute approximate surface area is 161 Å². The van der Waals surface area contributed by atoms with Crippen LogP contribution in [0.1, 0.15) is 24.0 Å². The van der Waals surface area contributed by atoms with E-state index in [0.717, 1.165) is 56.8 Å². The van der Waals surface area contributed by atoms with Crippen molar-refractivity contribution in [1.82, 2.24) is 4.98 Å². The molecule has 0 saturated carbocycles. The summed E-state index contributed by atoms with van der Waals surface area (Å²) in [5, 5.41) is 1.93. The van der Waals surface area contributed by atoms with Crippen molar-refractivity contribution >= 4 is 38.4 Å². The zero-order valence-corrected chi connectivity index (χ0v) is 16.8. The van der Waals surface area contributed by atoms with E-state index in [1.165, 1.54) is 10.9 Å². The Kier molecular flexibility index (Phi) is 5.72. The van der Waals surface area contributed by atoms with Crippen LogP contribution in [0.2, 0.25) is 5.02 Å². The fourth-order valence-corrected chi connectivity index (χ4v) is 3.81. The van der Waals surface area contributed by atoms with Gasteiger partial charge < -0.3 is 15.5 Å². The maximum atomic E-state index is 6.50. The number of unbranched alkanes of at least 4 members (excludes halogenated alkanes) is 1. The number of aromatic nitrogens is 1. The van der Waals surface area contributed by atoms with Crippen molar-refractivity contribution in [2.45, 2.75) is 26.2 Å². The Hall–Kier alpha value is -1.49. The number of aryl methyl sites for hydroxylation is 2. The Morgan fingerprint density at radius 3 is 2.72 bits per heavy atom. The molecule has 1 aromatic heterocycles. The number of fused-ring (bicyclic) bond motifs is 1. The first-order chi connectivity index (χ1) is 12.0. The van der Waals surface area contributed by atoms with Crippen LogP contribution in [0.3, 0.4) is 0 Å². The monoisotopic (exact) mass is 420 g/mol. The van der Waals surface area contributed by atoms with Crippen LogP contribution in [0.4, 0.5) is 0 Å². The van der Waals surface area contributed by atoms with Crippen LogP contribution < -0.4 is 10.5 Å². The SMILES string of the molecule is COc1cc(C)c2[nH]c(-c3cc(Br)ccc3Cl)c(CCCCN)c2c1. The fourth-order valence-electron chi connectivity index (χ4n) is 3.24. The normalized spacial score (nSPS) is 11.2. The van der Waals surface area contributed by atoms with Gasteiger partial charge in [-0.1, -0.05) is 27.5 Å². The van der Waals surface area contributed by atoms with Gasteiger partial charge in [0.2, 0.25) is 0 Å². The third kappa shape index (κ3) is 3.71. The van der Waals surface area contributed by atoms with Crippen molar-refractivity contribution < 1.29 is 4.74 Å². The van der Waals surface area contributed by atoms with Crippen molar-refractivity contribution in [3.63, 3.8) is 0 Å². The average molecular weight is 422 g/mol. The highest BCUT2D eigenvalue weighted by Gasteiger charge is 2.17. The van der Waals surface area contributed by atoms with Gasteiger partial charge in [-0.15, -0.1) is 0 Å². The molecule has 3 rings (SSSR count). The standard InChI is InChI=1S/C20H22BrClN2O/c1-12-9-14(25-2)11-16-15(5-3-4-8-23)20(24-19(12)16)17-10-13(21)6-7-18(17)22/h6-7,9-11,24H,3-5,8,23H2,1-2H3. The first-order valence-electron chi connectivity index (χ1n) is 8.39. The van der Waals surface area contributed by atoms with Crippen LogP contribution in [0.15, 0.2) is 34.8 Å². The number of nitrogens with one attached hydrogen (secondary N) is 1. The summed E-state index contributed by atoms with van der Waals surface area (Å²) in [4.78, 5) is 3.60. The van der Waals surface area contributed by atoms with Crippen LogP contribution in [0, 0.1) is 6.92 Å². The molecule has 0 aliphatic carbocycles. The van der Waals surface area contributed by atoms with Gasteiger partial charge in [0, 0.05) is 26.0 Å². The molecule has 3 N–H and O–H groups in total. The lowest BCUT2D eigenvalue weighted by atomic mass is 9.99. The first kappa shape index (κ1) is 18.3. The highest BCUT2D eigenvalue weighted by atomic mass is 79.9. The molecule has 0 aliphatic rings. The van der Waals surface area contributed by atoms with Crippen LogP contribution >= 0.6 is 27.5 Å². The summed E-state index contributed by atoms with van der Waals surface area (Å²) in [7, 11) is 1.70. The molecule has 3 nitrogen and oxygen atoms in total. The number of nitrogens with two attached hydrogens (primary N) is 1. The molecule has 25 heavy (non-hydrogen) atoms. The van der Waals surface area contributed by atoms with Gasteiger partial charge in [0.05, 0.1) is 12.8 Å². The number of hydrogen-bond acceptors (Lipinski definition) is 2. The lowest BCUT2D eigenvalue weighted by Gasteiger charge is -2.08. The molecule has 1 heterocycles. The average Bonchev–Trinajstić information content (AvgIpc) is 2.96. The number of halogens is 2. The summed E-state index contributed by atoms with van der Waals surface area (Å²) in [5.74, 6) is 0.871. The molecule has 0 radical (unpaired) electrons. The molecule has 0 saturated heterocycles. The quantitative estimate of drug-likeness (QED) is 0.490. The molecular weight excluding hydrogens is 400 g/mol. The minimum absolute atomic E-state index is 0.706. The summed E-state index contributed by atoms with van der Waals surface area (Å²) >= 11 is 10.1. The lowest BCUT2D eigenvalue weighted by Crippen LogP contribution is -1.99. The Balaban J connectivity index is 2.24. The third-order valence-corrected chi connectivity index (χ3v) is 5.32. The van der Waals surface area contributed by atoms with E-state index in [4.69, 9.17) is 22.1 Å². The number of ether oxygens (including phenoxy) is 1. The molecule has 0 fully saturated rings. The van der Waals surface area contributed by atoms with Gasteiger partial charge in [-0.05, 0) is 74.2 Å². The van der Waals surface area contributed by atoms with E-state index in [0.29, 0.717) is 6.54 Å². The van der Waals surface area contributed by atoms with E-state index < -0.39 is 0 Å². The molecular formula is C20H22BrClN2O. The van der Waals surface area contributed by atoms with Gasteiger partial charge in [0.25, 0.3) is 0 Å². The predicted octanol–water partition coefficient (Wildman–Crippen LogP) is 5.85. The summed E-state index contributed by atoms with van der Waals surface area (Å²) in [6.45, 7) is 2.80. The second-order valence-corrected chi connectivity index (χ2v) is 7.54. The second kappa shape index (κ2) is 7.81. The Morgan fingerprint density at radius 1 is 1.20 bits per heavy atom. The zero-order valence-electron chi connectivity index (χ0n) is 14.5. The van der Waals surface area contributed by atoms with Gasteiger partial charge >= 0.3 is 0 Å². The van der Waals surface area contributed by atoms with Crippen LogP contribution in [-0.2, 0) is 6.42 Å². The summed E-state index contributed by atoms with van der Waals surface area (Å²) < 4.78 is 6.48. The van der Waals surface area contributed by atoms with E-state index >= 15 is 0 Å². The van der Waals surface area contributed by atoms with Crippen molar-refractivity contribution in [1.29, 1.82) is 0 Å². The highest BCUT2D eigenvalue weighted by molar-refractivity contribution is 9.10. The summed E-state index contributed by atoms with van der Waals surface area (Å²) in [6, 6.07) is 10.1. The number of aromatic amines is 1. The molecule has 0 aliphatic heterocycles. The van der Waals surface area contributed by atoms with Crippen molar-refractivity contribution in [2.24, 2.45) is 5.73 Å². The van der Waals surface area contributed by atoms with Gasteiger partial charge in [-0.25, -0.2) is 0 Å². The lowest BCUT2D eigenvalue weighted by molar-refractivity contribution is 0.415. The molecule has 0 unspecified atom stereocenters. The predicted molar refractivity (Wildman–Crippen MR) is 110 cm³/mol. The molecule has 132 valence electrons. The highest BCUT2D eigenvalue weighted by Crippen LogP contribution is 2.39. The van der Waals surface area contributed by atoms with Gasteiger partial charge in [-0.2, -0.15) is 0 Å². The van der Waals surface area contributed by atoms with E-state index in [-0.39, 0.29) is 0 Å². The molecule has 0 spiro atoms. The molecule has 0 atom stereocenters. The van der Waals surface area contributed by atoms with Crippen LogP contribution in [0.25, 0.3) is 22.2 Å². The van der Waals surface area contributed by atoms with Crippen molar-refractivity contribution in [3.05, 3.63) is 51.0 Å². The minimum atomic E-state index is 0.706. The Morgan fingerprint density at radius 2 is 2.00 bits per heavy atom. The molecule has 0 bridgehead atoms. The fraction of sp³-hybridized carbons (Fsp3) is 0.300. The van der Waals surface area contributed by atoms with Gasteiger partial charge in [0.15, 0.2) is 0 Å². The first-order valence-corrected chi connectivity index (χ1v) is 9.57. The summed E-state index contributed by atoms with van der Waals surface area (Å²) in [5.41, 5.74) is 11.3. The number of rotatable bonds is 6. The topological polar surface area (TPSA) is 51.0 Å². The number of methoxy groups -OCH3 is 1. The van der Waals surface area contributed by atoms with E-state index in [1.807, 2.05) is 12.1 Å². The van der Waals surface area contributed by atoms with E-state index in [9.17, 15) is 0 Å². The molecule has 0 amide bonds. The maximum Gasteiger partial charge on any atom is 0.119 e. The number of benzene rings is 2.